The Balaban J connectivity index is 4.28. The molecule has 0 bridgehead atoms. The van der Waals surface area contributed by atoms with E-state index in [9.17, 15) is 14.4 Å². The van der Waals surface area contributed by atoms with E-state index in [0.29, 0.717) is 19.3 Å². The van der Waals surface area contributed by atoms with Crippen molar-refractivity contribution < 1.29 is 28.6 Å². The zero-order chi connectivity index (χ0) is 50.2. The molecule has 410 valence electrons. The minimum absolute atomic E-state index is 0.0612. The number of carbonyl (C=O) groups excluding carboxylic acids is 3. The second-order valence-electron chi connectivity index (χ2n) is 22.2. The van der Waals surface area contributed by atoms with Crippen molar-refractivity contribution in [2.45, 2.75) is 368 Å². The van der Waals surface area contributed by atoms with Gasteiger partial charge in [0.05, 0.1) is 0 Å². The minimum atomic E-state index is -0.763. The monoisotopic (exact) mass is 975 g/mol. The van der Waals surface area contributed by atoms with Crippen LogP contribution in [0.25, 0.3) is 0 Å². The molecule has 6 nitrogen and oxygen atoms in total. The van der Waals surface area contributed by atoms with E-state index in [1.54, 1.807) is 0 Å². The summed E-state index contributed by atoms with van der Waals surface area (Å²) in [5, 5.41) is 0. The highest BCUT2D eigenvalue weighted by atomic mass is 16.6. The fraction of sp³-hybridized carbons (Fsp3) is 0.952. The zero-order valence-electron chi connectivity index (χ0n) is 47.3. The van der Waals surface area contributed by atoms with E-state index in [1.807, 2.05) is 0 Å². The molecule has 0 saturated heterocycles. The Kier molecular flexibility index (Phi) is 56.0. The second-order valence-corrected chi connectivity index (χ2v) is 22.2. The van der Waals surface area contributed by atoms with E-state index in [4.69, 9.17) is 14.2 Å². The third kappa shape index (κ3) is 57.2. The van der Waals surface area contributed by atoms with Gasteiger partial charge in [0, 0.05) is 19.3 Å². The molecule has 0 aromatic carbocycles. The lowest BCUT2D eigenvalue weighted by Gasteiger charge is -2.18. The Morgan fingerprint density at radius 3 is 0.710 bits per heavy atom. The van der Waals surface area contributed by atoms with E-state index in [-0.39, 0.29) is 31.1 Å². The van der Waals surface area contributed by atoms with E-state index in [2.05, 4.69) is 27.7 Å². The molecule has 0 spiro atoms. The first-order chi connectivity index (χ1) is 33.9. The third-order valence-electron chi connectivity index (χ3n) is 14.5. The number of esters is 3. The summed E-state index contributed by atoms with van der Waals surface area (Å²) in [5.74, 6) is 0.0195. The third-order valence-corrected chi connectivity index (χ3v) is 14.5. The average molecular weight is 976 g/mol. The topological polar surface area (TPSA) is 78.9 Å². The molecular weight excluding hydrogens is 853 g/mol. The van der Waals surface area contributed by atoms with Gasteiger partial charge in [-0.05, 0) is 25.2 Å². The Labute approximate surface area is 431 Å². The fourth-order valence-corrected chi connectivity index (χ4v) is 9.81. The molecule has 0 fully saturated rings. The first-order valence-corrected chi connectivity index (χ1v) is 31.4. The molecule has 1 atom stereocenters. The van der Waals surface area contributed by atoms with Crippen LogP contribution in [0, 0.1) is 5.92 Å². The van der Waals surface area contributed by atoms with E-state index in [0.717, 1.165) is 63.7 Å². The van der Waals surface area contributed by atoms with Gasteiger partial charge in [0.2, 0.25) is 0 Å². The molecule has 0 aromatic rings. The van der Waals surface area contributed by atoms with Crippen LogP contribution in [-0.2, 0) is 28.6 Å². The standard InChI is InChI=1S/C63H122O6/c1-5-7-9-11-13-15-17-19-21-22-23-27-31-35-39-43-47-51-55-62(65)68-58-60(57-67-61(64)54-50-46-42-38-34-30-25-20-18-16-14-12-10-8-6-2)69-63(66)56-52-48-44-40-36-32-28-24-26-29-33-37-41-45-49-53-59(3)4/h59-60H,5-58H2,1-4H3/t60-/m1/s1. The normalized spacial score (nSPS) is 12.0. The Hall–Kier alpha value is -1.59. The molecule has 6 heteroatoms. The van der Waals surface area contributed by atoms with Gasteiger partial charge >= 0.3 is 17.9 Å². The van der Waals surface area contributed by atoms with Crippen molar-refractivity contribution in [3.8, 4) is 0 Å². The van der Waals surface area contributed by atoms with Crippen molar-refractivity contribution in [3.05, 3.63) is 0 Å². The summed E-state index contributed by atoms with van der Waals surface area (Å²) >= 11 is 0. The Morgan fingerprint density at radius 1 is 0.275 bits per heavy atom. The van der Waals surface area contributed by atoms with Gasteiger partial charge in [-0.15, -0.1) is 0 Å². The molecule has 69 heavy (non-hydrogen) atoms. The molecule has 0 unspecified atom stereocenters. The van der Waals surface area contributed by atoms with Gasteiger partial charge in [-0.1, -0.05) is 323 Å². The molecular formula is C63H122O6. The van der Waals surface area contributed by atoms with Crippen molar-refractivity contribution in [1.29, 1.82) is 0 Å². The van der Waals surface area contributed by atoms with Crippen molar-refractivity contribution >= 4 is 17.9 Å². The molecule has 0 rings (SSSR count). The SMILES string of the molecule is CCCCCCCCCCCCCCCCCCCCC(=O)OC[C@@H](COC(=O)CCCCCCCCCCCCCCCCC)OC(=O)CCCCCCCCCCCCCCCCCC(C)C. The minimum Gasteiger partial charge on any atom is -0.462 e. The molecule has 0 radical (unpaired) electrons. The molecule has 0 saturated carbocycles. The predicted octanol–water partition coefficient (Wildman–Crippen LogP) is 21.0. The predicted molar refractivity (Wildman–Crippen MR) is 298 cm³/mol. The maximum atomic E-state index is 12.9. The molecule has 0 heterocycles. The fourth-order valence-electron chi connectivity index (χ4n) is 9.81. The number of hydrogen-bond acceptors (Lipinski definition) is 6. The van der Waals surface area contributed by atoms with Crippen LogP contribution in [0.5, 0.6) is 0 Å². The maximum absolute atomic E-state index is 12.9. The van der Waals surface area contributed by atoms with Crippen molar-refractivity contribution in [3.63, 3.8) is 0 Å². The molecule has 0 amide bonds. The van der Waals surface area contributed by atoms with Crippen LogP contribution in [0.4, 0.5) is 0 Å². The molecule has 0 aliphatic rings. The van der Waals surface area contributed by atoms with Crippen LogP contribution in [0.1, 0.15) is 362 Å². The highest BCUT2D eigenvalue weighted by Gasteiger charge is 2.19. The summed E-state index contributed by atoms with van der Waals surface area (Å²) in [6.45, 7) is 9.09. The molecule has 0 aliphatic carbocycles. The van der Waals surface area contributed by atoms with Gasteiger partial charge < -0.3 is 14.2 Å². The number of ether oxygens (including phenoxy) is 3. The average Bonchev–Trinajstić information content (AvgIpc) is 3.34. The van der Waals surface area contributed by atoms with Crippen LogP contribution in [0.3, 0.4) is 0 Å². The van der Waals surface area contributed by atoms with E-state index >= 15 is 0 Å². The smallest absolute Gasteiger partial charge is 0.306 e. The Morgan fingerprint density at radius 2 is 0.478 bits per heavy atom. The van der Waals surface area contributed by atoms with E-state index in [1.165, 1.54) is 257 Å². The van der Waals surface area contributed by atoms with Gasteiger partial charge in [0.15, 0.2) is 6.10 Å². The summed E-state index contributed by atoms with van der Waals surface area (Å²) in [6, 6.07) is 0. The molecule has 0 aromatic heterocycles. The second kappa shape index (κ2) is 57.3. The van der Waals surface area contributed by atoms with Crippen LogP contribution in [0.15, 0.2) is 0 Å². The summed E-state index contributed by atoms with van der Waals surface area (Å²) in [4.78, 5) is 38.3. The summed E-state index contributed by atoms with van der Waals surface area (Å²) < 4.78 is 16.9. The summed E-state index contributed by atoms with van der Waals surface area (Å²) in [7, 11) is 0. The van der Waals surface area contributed by atoms with E-state index < -0.39 is 6.10 Å². The molecule has 0 aliphatic heterocycles. The highest BCUT2D eigenvalue weighted by molar-refractivity contribution is 5.71. The maximum Gasteiger partial charge on any atom is 0.306 e. The van der Waals surface area contributed by atoms with Crippen molar-refractivity contribution in [2.24, 2.45) is 5.92 Å². The first kappa shape index (κ1) is 67.4. The molecule has 0 N–H and O–H groups in total. The van der Waals surface area contributed by atoms with Crippen molar-refractivity contribution in [1.82, 2.24) is 0 Å². The lowest BCUT2D eigenvalue weighted by molar-refractivity contribution is -0.167. The number of rotatable bonds is 58. The van der Waals surface area contributed by atoms with Crippen molar-refractivity contribution in [2.75, 3.05) is 13.2 Å². The zero-order valence-corrected chi connectivity index (χ0v) is 47.3. The quantitative estimate of drug-likeness (QED) is 0.0343. The van der Waals surface area contributed by atoms with Crippen LogP contribution >= 0.6 is 0 Å². The summed E-state index contributed by atoms with van der Waals surface area (Å²) in [5.41, 5.74) is 0. The first-order valence-electron chi connectivity index (χ1n) is 31.4. The lowest BCUT2D eigenvalue weighted by Crippen LogP contribution is -2.30. The van der Waals surface area contributed by atoms with Gasteiger partial charge in [-0.2, -0.15) is 0 Å². The lowest BCUT2D eigenvalue weighted by atomic mass is 10.0. The number of carbonyl (C=O) groups is 3. The summed E-state index contributed by atoms with van der Waals surface area (Å²) in [6.07, 6.45) is 63.8. The van der Waals surface area contributed by atoms with Crippen LogP contribution in [0.2, 0.25) is 0 Å². The van der Waals surface area contributed by atoms with Gasteiger partial charge in [-0.3, -0.25) is 14.4 Å². The largest absolute Gasteiger partial charge is 0.462 e. The van der Waals surface area contributed by atoms with Gasteiger partial charge in [-0.25, -0.2) is 0 Å². The van der Waals surface area contributed by atoms with Crippen LogP contribution < -0.4 is 0 Å². The van der Waals surface area contributed by atoms with Crippen LogP contribution in [-0.4, -0.2) is 37.2 Å². The Bertz CT molecular complexity index is 1040. The highest BCUT2D eigenvalue weighted by Crippen LogP contribution is 2.19. The van der Waals surface area contributed by atoms with Gasteiger partial charge in [0.1, 0.15) is 13.2 Å². The van der Waals surface area contributed by atoms with Gasteiger partial charge in [0.25, 0.3) is 0 Å². The number of hydrogen-bond donors (Lipinski definition) is 0. The number of unbranched alkanes of at least 4 members (excludes halogenated alkanes) is 45.